The van der Waals surface area contributed by atoms with E-state index in [1.165, 1.54) is 0 Å². The van der Waals surface area contributed by atoms with E-state index in [0.717, 1.165) is 29.8 Å². The molecule has 37 heavy (non-hydrogen) atoms. The molecule has 3 saturated heterocycles. The minimum Gasteiger partial charge on any atom is -0.488 e. The Balaban J connectivity index is 1.25. The van der Waals surface area contributed by atoms with Crippen LogP contribution in [0.3, 0.4) is 0 Å². The van der Waals surface area contributed by atoms with Crippen LogP contribution in [-0.2, 0) is 4.74 Å². The quantitative estimate of drug-likeness (QED) is 0.491. The number of hydrogen-bond donors (Lipinski definition) is 1. The zero-order valence-corrected chi connectivity index (χ0v) is 22.7. The Hall–Kier alpha value is -2.85. The van der Waals surface area contributed by atoms with Crippen molar-refractivity contribution in [1.29, 1.82) is 0 Å². The monoisotopic (exact) mass is 526 g/mol. The van der Waals surface area contributed by atoms with Crippen molar-refractivity contribution >= 4 is 34.5 Å². The Morgan fingerprint density at radius 2 is 1.86 bits per heavy atom. The van der Waals surface area contributed by atoms with E-state index in [0.29, 0.717) is 36.0 Å². The molecule has 2 atom stereocenters. The highest BCUT2D eigenvalue weighted by Gasteiger charge is 2.50. The van der Waals surface area contributed by atoms with Gasteiger partial charge in [0.25, 0.3) is 6.01 Å². The zero-order chi connectivity index (χ0) is 26.1. The van der Waals surface area contributed by atoms with Gasteiger partial charge >= 0.3 is 6.09 Å². The maximum atomic E-state index is 12.7. The maximum absolute atomic E-state index is 12.7. The average molecular weight is 527 g/mol. The lowest BCUT2D eigenvalue weighted by Crippen LogP contribution is -2.70. The van der Waals surface area contributed by atoms with Gasteiger partial charge in [0.05, 0.1) is 29.4 Å². The molecule has 4 fully saturated rings. The summed E-state index contributed by atoms with van der Waals surface area (Å²) in [6.07, 6.45) is 4.13. The van der Waals surface area contributed by atoms with Crippen molar-refractivity contribution in [3.05, 3.63) is 23.7 Å². The van der Waals surface area contributed by atoms with Gasteiger partial charge < -0.3 is 23.9 Å². The molecule has 2 aromatic heterocycles. The Kier molecular flexibility index (Phi) is 5.69. The summed E-state index contributed by atoms with van der Waals surface area (Å²) in [6.45, 7) is 10.7. The van der Waals surface area contributed by atoms with Crippen molar-refractivity contribution in [2.75, 3.05) is 18.0 Å². The molecular formula is C27H34N4O5S. The average Bonchev–Trinajstić information content (AvgIpc) is 3.44. The van der Waals surface area contributed by atoms with Gasteiger partial charge in [-0.3, -0.25) is 4.90 Å². The number of thiazole rings is 1. The predicted molar refractivity (Wildman–Crippen MR) is 141 cm³/mol. The van der Waals surface area contributed by atoms with Gasteiger partial charge in [0.2, 0.25) is 0 Å². The number of hydrogen-bond acceptors (Lipinski definition) is 9. The van der Waals surface area contributed by atoms with Crippen molar-refractivity contribution < 1.29 is 23.8 Å². The topological polar surface area (TPSA) is 101 Å². The molecule has 1 aromatic carbocycles. The van der Waals surface area contributed by atoms with E-state index in [4.69, 9.17) is 18.9 Å². The van der Waals surface area contributed by atoms with Gasteiger partial charge in [0, 0.05) is 24.7 Å². The smallest absolute Gasteiger partial charge is 0.410 e. The number of piperidine rings is 1. The van der Waals surface area contributed by atoms with E-state index >= 15 is 0 Å². The first-order valence-corrected chi connectivity index (χ1v) is 13.8. The largest absolute Gasteiger partial charge is 0.488 e. The summed E-state index contributed by atoms with van der Waals surface area (Å²) in [6, 6.07) is 4.61. The van der Waals surface area contributed by atoms with E-state index in [1.807, 2.05) is 57.0 Å². The third-order valence-electron chi connectivity index (χ3n) is 7.61. The fourth-order valence-corrected chi connectivity index (χ4v) is 6.18. The van der Waals surface area contributed by atoms with Gasteiger partial charge in [0.15, 0.2) is 11.1 Å². The van der Waals surface area contributed by atoms with Gasteiger partial charge in [-0.25, -0.2) is 9.78 Å². The number of fused-ring (bicyclic) bond motifs is 3. The minimum atomic E-state index is -0.701. The van der Waals surface area contributed by atoms with E-state index in [9.17, 15) is 9.90 Å². The number of anilines is 1. The van der Waals surface area contributed by atoms with Crippen molar-refractivity contribution in [3.8, 4) is 16.3 Å². The number of piperazine rings is 1. The van der Waals surface area contributed by atoms with Crippen molar-refractivity contribution in [2.24, 2.45) is 5.92 Å². The first kappa shape index (κ1) is 24.5. The van der Waals surface area contributed by atoms with Crippen molar-refractivity contribution in [1.82, 2.24) is 14.9 Å². The van der Waals surface area contributed by atoms with Crippen LogP contribution in [0.5, 0.6) is 5.75 Å². The molecule has 4 aliphatic rings. The summed E-state index contributed by atoms with van der Waals surface area (Å²) in [5.74, 6) is 0.908. The SMILES string of the molecule is CC(C)(C)OC(=O)N1C2CC1CN(c1nc3c(OC4CC(C(C)(C)O)C4)ccc(-c4nccs4)c3o1)C2. The maximum Gasteiger partial charge on any atom is 0.410 e. The summed E-state index contributed by atoms with van der Waals surface area (Å²) < 4.78 is 18.3. The Labute approximate surface area is 220 Å². The third-order valence-corrected chi connectivity index (χ3v) is 8.42. The molecule has 3 aliphatic heterocycles. The van der Waals surface area contributed by atoms with Crippen LogP contribution in [0, 0.1) is 5.92 Å². The van der Waals surface area contributed by atoms with Gasteiger partial charge in [-0.05, 0) is 71.9 Å². The molecule has 1 amide bonds. The van der Waals surface area contributed by atoms with Crippen LogP contribution < -0.4 is 9.64 Å². The second-order valence-electron chi connectivity index (χ2n) is 12.0. The fraction of sp³-hybridized carbons (Fsp3) is 0.593. The number of aromatic nitrogens is 2. The zero-order valence-electron chi connectivity index (χ0n) is 21.9. The van der Waals surface area contributed by atoms with Gasteiger partial charge in [-0.2, -0.15) is 4.98 Å². The van der Waals surface area contributed by atoms with E-state index < -0.39 is 11.2 Å². The molecule has 2 unspecified atom stereocenters. The Morgan fingerprint density at radius 1 is 1.14 bits per heavy atom. The van der Waals surface area contributed by atoms with E-state index in [-0.39, 0.29) is 30.2 Å². The Morgan fingerprint density at radius 3 is 2.49 bits per heavy atom. The summed E-state index contributed by atoms with van der Waals surface area (Å²) in [5.41, 5.74) is 1.00. The summed E-state index contributed by atoms with van der Waals surface area (Å²) in [7, 11) is 0. The molecule has 0 spiro atoms. The highest BCUT2D eigenvalue weighted by Crippen LogP contribution is 2.43. The highest BCUT2D eigenvalue weighted by molar-refractivity contribution is 7.13. The Bertz CT molecular complexity index is 1290. The molecule has 9 nitrogen and oxygen atoms in total. The molecule has 2 bridgehead atoms. The van der Waals surface area contributed by atoms with Crippen molar-refractivity contribution in [2.45, 2.75) is 83.3 Å². The molecule has 5 heterocycles. The molecule has 10 heteroatoms. The normalized spacial score (nSPS) is 25.6. The molecule has 3 aromatic rings. The number of benzene rings is 1. The number of amides is 1. The van der Waals surface area contributed by atoms with Gasteiger partial charge in [-0.1, -0.05) is 0 Å². The minimum absolute atomic E-state index is 0.0375. The van der Waals surface area contributed by atoms with Crippen LogP contribution in [0.15, 0.2) is 28.1 Å². The first-order chi connectivity index (χ1) is 17.5. The molecule has 1 N–H and O–H groups in total. The standard InChI is InChI=1S/C27H34N4O5S/c1-26(2,3)36-25(32)31-16-12-17(31)14-30(13-16)24-29-21-20(34-18-10-15(11-18)27(4,5)33)7-6-19(22(21)35-24)23-28-8-9-37-23/h6-9,15-18,33H,10-14H2,1-5H3. The van der Waals surface area contributed by atoms with E-state index in [1.54, 1.807) is 17.5 Å². The highest BCUT2D eigenvalue weighted by atomic mass is 32.1. The lowest BCUT2D eigenvalue weighted by molar-refractivity contribution is -0.0670. The van der Waals surface area contributed by atoms with Crippen LogP contribution in [0.4, 0.5) is 10.8 Å². The molecule has 7 rings (SSSR count). The molecule has 0 radical (unpaired) electrons. The lowest BCUT2D eigenvalue weighted by atomic mass is 9.72. The summed E-state index contributed by atoms with van der Waals surface area (Å²) in [4.78, 5) is 26.0. The summed E-state index contributed by atoms with van der Waals surface area (Å²) in [5, 5.41) is 13.1. The lowest BCUT2D eigenvalue weighted by Gasteiger charge is -2.55. The third kappa shape index (κ3) is 4.54. The molecular weight excluding hydrogens is 492 g/mol. The van der Waals surface area contributed by atoms with E-state index in [2.05, 4.69) is 9.88 Å². The molecule has 1 saturated carbocycles. The first-order valence-electron chi connectivity index (χ1n) is 12.9. The van der Waals surface area contributed by atoms with Crippen LogP contribution in [0.1, 0.15) is 53.9 Å². The number of oxazole rings is 1. The summed E-state index contributed by atoms with van der Waals surface area (Å²) >= 11 is 1.55. The number of carbonyl (C=O) groups excluding carboxylic acids is 1. The number of ether oxygens (including phenoxy) is 2. The van der Waals surface area contributed by atoms with Gasteiger partial charge in [-0.15, -0.1) is 11.3 Å². The second-order valence-corrected chi connectivity index (χ2v) is 12.9. The fourth-order valence-electron chi connectivity index (χ4n) is 5.52. The number of nitrogens with zero attached hydrogens (tertiary/aromatic N) is 4. The van der Waals surface area contributed by atoms with Crippen molar-refractivity contribution in [3.63, 3.8) is 0 Å². The van der Waals surface area contributed by atoms with Crippen LogP contribution in [0.25, 0.3) is 21.7 Å². The second kappa shape index (κ2) is 8.59. The molecule has 198 valence electrons. The van der Waals surface area contributed by atoms with Crippen LogP contribution in [0.2, 0.25) is 0 Å². The predicted octanol–water partition coefficient (Wildman–Crippen LogP) is 5.08. The number of aliphatic hydroxyl groups is 1. The van der Waals surface area contributed by atoms with Crippen LogP contribution >= 0.6 is 11.3 Å². The number of carbonyl (C=O) groups is 1. The molecule has 1 aliphatic carbocycles. The van der Waals surface area contributed by atoms with Crippen LogP contribution in [-0.4, -0.2) is 68.5 Å². The van der Waals surface area contributed by atoms with Gasteiger partial charge in [0.1, 0.15) is 16.4 Å². The number of rotatable bonds is 5.